The first-order valence-electron chi connectivity index (χ1n) is 6.80. The Morgan fingerprint density at radius 3 is 2.18 bits per heavy atom. The fourth-order valence-corrected chi connectivity index (χ4v) is 2.50. The molecule has 2 atom stereocenters. The predicted molar refractivity (Wildman–Crippen MR) is 74.3 cm³/mol. The van der Waals surface area contributed by atoms with Gasteiger partial charge in [0.1, 0.15) is 0 Å². The van der Waals surface area contributed by atoms with Crippen molar-refractivity contribution in [3.63, 3.8) is 0 Å². The first-order valence-corrected chi connectivity index (χ1v) is 6.80. The Morgan fingerprint density at radius 1 is 1.06 bits per heavy atom. The van der Waals surface area contributed by atoms with Crippen molar-refractivity contribution < 1.29 is 0 Å². The molecule has 0 spiro atoms. The molecule has 1 nitrogen and oxygen atoms in total. The molecule has 0 saturated carbocycles. The molecule has 0 amide bonds. The van der Waals surface area contributed by atoms with E-state index in [1.54, 1.807) is 0 Å². The monoisotopic (exact) mass is 231 g/mol. The molecular weight excluding hydrogens is 206 g/mol. The van der Waals surface area contributed by atoms with Crippen LogP contribution in [-0.2, 0) is 5.41 Å². The van der Waals surface area contributed by atoms with Gasteiger partial charge < -0.3 is 5.32 Å². The molecule has 1 heteroatoms. The van der Waals surface area contributed by atoms with Crippen LogP contribution in [0.15, 0.2) is 24.3 Å². The van der Waals surface area contributed by atoms with Crippen molar-refractivity contribution in [2.45, 2.75) is 52.0 Å². The van der Waals surface area contributed by atoms with Gasteiger partial charge in [0.2, 0.25) is 0 Å². The fraction of sp³-hybridized carbons (Fsp3) is 0.625. The van der Waals surface area contributed by atoms with Gasteiger partial charge >= 0.3 is 0 Å². The summed E-state index contributed by atoms with van der Waals surface area (Å²) in [5, 5.41) is 3.64. The second-order valence-corrected chi connectivity index (χ2v) is 6.52. The van der Waals surface area contributed by atoms with Crippen molar-refractivity contribution in [2.24, 2.45) is 5.92 Å². The number of hydrogen-bond donors (Lipinski definition) is 1. The maximum Gasteiger partial charge on any atom is 0.0320 e. The van der Waals surface area contributed by atoms with Crippen LogP contribution in [0.3, 0.4) is 0 Å². The SMILES string of the molecule is CC1CCC(c2ccc(C(C)(C)C)cc2)NC1. The summed E-state index contributed by atoms with van der Waals surface area (Å²) in [6.07, 6.45) is 2.62. The summed E-state index contributed by atoms with van der Waals surface area (Å²) in [6.45, 7) is 10.3. The van der Waals surface area contributed by atoms with E-state index in [1.807, 2.05) is 0 Å². The zero-order valence-corrected chi connectivity index (χ0v) is 11.6. The summed E-state index contributed by atoms with van der Waals surface area (Å²) >= 11 is 0. The van der Waals surface area contributed by atoms with Crippen LogP contribution in [0.1, 0.15) is 57.7 Å². The van der Waals surface area contributed by atoms with Crippen LogP contribution in [-0.4, -0.2) is 6.54 Å². The Hall–Kier alpha value is -0.820. The quantitative estimate of drug-likeness (QED) is 0.769. The standard InChI is InChI=1S/C16H25N/c1-12-5-10-15(17-11-12)13-6-8-14(9-7-13)16(2,3)4/h6-9,12,15,17H,5,10-11H2,1-4H3. The summed E-state index contributed by atoms with van der Waals surface area (Å²) in [7, 11) is 0. The molecule has 1 N–H and O–H groups in total. The molecular formula is C16H25N. The first-order chi connectivity index (χ1) is 7.97. The lowest BCUT2D eigenvalue weighted by Crippen LogP contribution is -2.31. The third-order valence-corrected chi connectivity index (χ3v) is 3.84. The first kappa shape index (κ1) is 12.6. The zero-order valence-electron chi connectivity index (χ0n) is 11.6. The maximum atomic E-state index is 3.64. The van der Waals surface area contributed by atoms with Gasteiger partial charge in [-0.3, -0.25) is 0 Å². The molecule has 1 aliphatic heterocycles. The van der Waals surface area contributed by atoms with Gasteiger partial charge in [0.05, 0.1) is 0 Å². The third-order valence-electron chi connectivity index (χ3n) is 3.84. The average molecular weight is 231 g/mol. The summed E-state index contributed by atoms with van der Waals surface area (Å²) in [6, 6.07) is 9.74. The molecule has 0 bridgehead atoms. The fourth-order valence-electron chi connectivity index (χ4n) is 2.50. The molecule has 0 radical (unpaired) electrons. The van der Waals surface area contributed by atoms with Crippen molar-refractivity contribution in [3.8, 4) is 0 Å². The molecule has 1 aromatic rings. The van der Waals surface area contributed by atoms with Crippen molar-refractivity contribution in [2.75, 3.05) is 6.54 Å². The maximum absolute atomic E-state index is 3.64. The van der Waals surface area contributed by atoms with Crippen molar-refractivity contribution in [1.29, 1.82) is 0 Å². The number of rotatable bonds is 1. The van der Waals surface area contributed by atoms with E-state index in [9.17, 15) is 0 Å². The van der Waals surface area contributed by atoms with Crippen LogP contribution in [0.25, 0.3) is 0 Å². The highest BCUT2D eigenvalue weighted by atomic mass is 14.9. The normalized spacial score (nSPS) is 25.9. The highest BCUT2D eigenvalue weighted by molar-refractivity contribution is 5.29. The number of piperidine rings is 1. The molecule has 1 aliphatic rings. The highest BCUT2D eigenvalue weighted by Gasteiger charge is 2.19. The minimum atomic E-state index is 0.257. The molecule has 17 heavy (non-hydrogen) atoms. The molecule has 1 heterocycles. The largest absolute Gasteiger partial charge is 0.310 e. The lowest BCUT2D eigenvalue weighted by molar-refractivity contribution is 0.333. The second kappa shape index (κ2) is 4.81. The van der Waals surface area contributed by atoms with E-state index in [2.05, 4.69) is 57.3 Å². The minimum Gasteiger partial charge on any atom is -0.310 e. The van der Waals surface area contributed by atoms with Crippen molar-refractivity contribution in [1.82, 2.24) is 5.32 Å². The number of nitrogens with one attached hydrogen (secondary N) is 1. The molecule has 0 aliphatic carbocycles. The molecule has 1 aromatic carbocycles. The van der Waals surface area contributed by atoms with Crippen molar-refractivity contribution >= 4 is 0 Å². The Labute approximate surface area is 106 Å². The minimum absolute atomic E-state index is 0.257. The number of hydrogen-bond acceptors (Lipinski definition) is 1. The van der Waals surface area contributed by atoms with Crippen LogP contribution in [0.5, 0.6) is 0 Å². The lowest BCUT2D eigenvalue weighted by atomic mass is 9.85. The van der Waals surface area contributed by atoms with Gasteiger partial charge in [-0.15, -0.1) is 0 Å². The van der Waals surface area contributed by atoms with E-state index in [0.717, 1.165) is 12.5 Å². The van der Waals surface area contributed by atoms with Crippen LogP contribution in [0.2, 0.25) is 0 Å². The van der Waals surface area contributed by atoms with E-state index >= 15 is 0 Å². The summed E-state index contributed by atoms with van der Waals surface area (Å²) in [4.78, 5) is 0. The van der Waals surface area contributed by atoms with Crippen LogP contribution in [0.4, 0.5) is 0 Å². The summed E-state index contributed by atoms with van der Waals surface area (Å²) in [5.41, 5.74) is 3.13. The zero-order chi connectivity index (χ0) is 12.5. The highest BCUT2D eigenvalue weighted by Crippen LogP contribution is 2.28. The summed E-state index contributed by atoms with van der Waals surface area (Å²) < 4.78 is 0. The molecule has 1 fully saturated rings. The second-order valence-electron chi connectivity index (χ2n) is 6.52. The van der Waals surface area contributed by atoms with E-state index < -0.39 is 0 Å². The van der Waals surface area contributed by atoms with E-state index in [1.165, 1.54) is 24.0 Å². The molecule has 1 saturated heterocycles. The number of benzene rings is 1. The van der Waals surface area contributed by atoms with Crippen LogP contribution < -0.4 is 5.32 Å². The van der Waals surface area contributed by atoms with Crippen molar-refractivity contribution in [3.05, 3.63) is 35.4 Å². The molecule has 94 valence electrons. The average Bonchev–Trinajstić information content (AvgIpc) is 2.29. The Balaban J connectivity index is 2.08. The third kappa shape index (κ3) is 3.10. The van der Waals surface area contributed by atoms with Gasteiger partial charge in [-0.25, -0.2) is 0 Å². The molecule has 2 rings (SSSR count). The lowest BCUT2D eigenvalue weighted by Gasteiger charge is -2.28. The van der Waals surface area contributed by atoms with Gasteiger partial charge in [-0.1, -0.05) is 52.0 Å². The Kier molecular flexibility index (Phi) is 3.58. The molecule has 2 unspecified atom stereocenters. The van der Waals surface area contributed by atoms with Gasteiger partial charge in [0.25, 0.3) is 0 Å². The van der Waals surface area contributed by atoms with Crippen LogP contribution >= 0.6 is 0 Å². The predicted octanol–water partition coefficient (Wildman–Crippen LogP) is 4.04. The van der Waals surface area contributed by atoms with Gasteiger partial charge in [-0.2, -0.15) is 0 Å². The van der Waals surface area contributed by atoms with Gasteiger partial charge in [0.15, 0.2) is 0 Å². The molecule has 0 aromatic heterocycles. The van der Waals surface area contributed by atoms with E-state index in [4.69, 9.17) is 0 Å². The Bertz CT molecular complexity index is 350. The summed E-state index contributed by atoms with van der Waals surface area (Å²) in [5.74, 6) is 0.833. The topological polar surface area (TPSA) is 12.0 Å². The van der Waals surface area contributed by atoms with E-state index in [0.29, 0.717) is 6.04 Å². The van der Waals surface area contributed by atoms with Gasteiger partial charge in [0, 0.05) is 6.04 Å². The van der Waals surface area contributed by atoms with Gasteiger partial charge in [-0.05, 0) is 41.8 Å². The smallest absolute Gasteiger partial charge is 0.0320 e. The Morgan fingerprint density at radius 2 is 1.71 bits per heavy atom. The van der Waals surface area contributed by atoms with E-state index in [-0.39, 0.29) is 5.41 Å². The van der Waals surface area contributed by atoms with Crippen LogP contribution in [0, 0.1) is 5.92 Å².